The van der Waals surface area contributed by atoms with Crippen molar-refractivity contribution >= 4 is 5.91 Å². The van der Waals surface area contributed by atoms with Crippen molar-refractivity contribution in [3.8, 4) is 0 Å². The van der Waals surface area contributed by atoms with Gasteiger partial charge < -0.3 is 10.6 Å². The van der Waals surface area contributed by atoms with Crippen LogP contribution in [0.5, 0.6) is 0 Å². The van der Waals surface area contributed by atoms with E-state index in [4.69, 9.17) is 5.73 Å². The summed E-state index contributed by atoms with van der Waals surface area (Å²) in [5.74, 6) is 0.0714. The largest absolute Gasteiger partial charge is 0.342 e. The van der Waals surface area contributed by atoms with Gasteiger partial charge in [-0.25, -0.2) is 9.82 Å². The van der Waals surface area contributed by atoms with Crippen molar-refractivity contribution in [2.75, 3.05) is 26.2 Å². The second-order valence-corrected chi connectivity index (χ2v) is 6.14. The van der Waals surface area contributed by atoms with E-state index in [1.807, 2.05) is 4.90 Å². The van der Waals surface area contributed by atoms with Gasteiger partial charge in [0.05, 0.1) is 12.0 Å². The number of benzene rings is 1. The lowest BCUT2D eigenvalue weighted by atomic mass is 9.91. The van der Waals surface area contributed by atoms with Crippen LogP contribution in [0.4, 0.5) is 4.39 Å². The number of halogens is 1. The maximum absolute atomic E-state index is 14.0. The van der Waals surface area contributed by atoms with E-state index in [9.17, 15) is 9.18 Å². The summed E-state index contributed by atoms with van der Waals surface area (Å²) in [5, 5.41) is 0. The highest BCUT2D eigenvalue weighted by Crippen LogP contribution is 2.29. The van der Waals surface area contributed by atoms with E-state index in [0.717, 1.165) is 25.9 Å². The summed E-state index contributed by atoms with van der Waals surface area (Å²) in [6.45, 7) is 2.71. The summed E-state index contributed by atoms with van der Waals surface area (Å²) in [5.41, 5.74) is 12.3. The van der Waals surface area contributed by atoms with E-state index in [-0.39, 0.29) is 23.7 Å². The number of carbonyl (C=O) groups excluding carboxylic acids is 1. The van der Waals surface area contributed by atoms with Gasteiger partial charge in [0.1, 0.15) is 5.82 Å². The molecule has 0 aromatic heterocycles. The molecule has 2 fully saturated rings. The maximum atomic E-state index is 14.0. The van der Waals surface area contributed by atoms with Crippen LogP contribution in [-0.4, -0.2) is 37.0 Å². The Kier molecular flexibility index (Phi) is 4.71. The molecule has 2 saturated heterocycles. The first-order chi connectivity index (χ1) is 10.7. The van der Waals surface area contributed by atoms with Crippen LogP contribution >= 0.6 is 0 Å². The number of carbonyl (C=O) groups is 1. The van der Waals surface area contributed by atoms with E-state index in [1.165, 1.54) is 6.07 Å². The van der Waals surface area contributed by atoms with E-state index >= 15 is 0 Å². The van der Waals surface area contributed by atoms with Crippen molar-refractivity contribution in [1.82, 2.24) is 15.8 Å². The number of rotatable bonds is 3. The summed E-state index contributed by atoms with van der Waals surface area (Å²) in [6.07, 6.45) is 1.92. The predicted octanol–water partition coefficient (Wildman–Crippen LogP) is 0.788. The molecule has 2 unspecified atom stereocenters. The zero-order valence-electron chi connectivity index (χ0n) is 12.6. The highest BCUT2D eigenvalue weighted by atomic mass is 19.1. The van der Waals surface area contributed by atoms with Crippen molar-refractivity contribution < 1.29 is 9.18 Å². The SMILES string of the molecule is NCC1CCN(C(=O)C2CNNC2c2ccccc2F)CC1. The predicted molar refractivity (Wildman–Crippen MR) is 82.1 cm³/mol. The lowest BCUT2D eigenvalue weighted by Gasteiger charge is -2.34. The normalized spacial score (nSPS) is 26.4. The van der Waals surface area contributed by atoms with Gasteiger partial charge in [0, 0.05) is 25.2 Å². The Labute approximate surface area is 130 Å². The Morgan fingerprint density at radius 2 is 2.05 bits per heavy atom. The Hall–Kier alpha value is -1.50. The quantitative estimate of drug-likeness (QED) is 0.772. The molecule has 0 aliphatic carbocycles. The molecule has 120 valence electrons. The molecule has 2 aliphatic heterocycles. The van der Waals surface area contributed by atoms with E-state index < -0.39 is 0 Å². The standard InChI is InChI=1S/C16H23FN4O/c17-14-4-2-1-3-12(14)15-13(10-19-20-15)16(22)21-7-5-11(9-18)6-8-21/h1-4,11,13,15,19-20H,5-10,18H2. The average Bonchev–Trinajstić information content (AvgIpc) is 3.04. The van der Waals surface area contributed by atoms with Gasteiger partial charge >= 0.3 is 0 Å². The maximum Gasteiger partial charge on any atom is 0.229 e. The van der Waals surface area contributed by atoms with Crippen LogP contribution in [0.1, 0.15) is 24.4 Å². The van der Waals surface area contributed by atoms with Crippen LogP contribution in [-0.2, 0) is 4.79 Å². The second kappa shape index (κ2) is 6.73. The van der Waals surface area contributed by atoms with Crippen LogP contribution in [0.2, 0.25) is 0 Å². The molecule has 3 rings (SSSR count). The number of nitrogens with one attached hydrogen (secondary N) is 2. The minimum absolute atomic E-state index is 0.0984. The molecule has 2 aliphatic rings. The van der Waals surface area contributed by atoms with Gasteiger partial charge in [-0.05, 0) is 31.4 Å². The van der Waals surface area contributed by atoms with Gasteiger partial charge in [-0.3, -0.25) is 10.2 Å². The molecule has 0 radical (unpaired) electrons. The first kappa shape index (κ1) is 15.4. The molecule has 0 bridgehead atoms. The first-order valence-electron chi connectivity index (χ1n) is 7.92. The van der Waals surface area contributed by atoms with Crippen molar-refractivity contribution in [1.29, 1.82) is 0 Å². The number of piperidine rings is 1. The number of nitrogens with two attached hydrogens (primary N) is 1. The molecule has 0 saturated carbocycles. The summed E-state index contributed by atoms with van der Waals surface area (Å²) in [6, 6.07) is 6.31. The second-order valence-electron chi connectivity index (χ2n) is 6.14. The molecular weight excluding hydrogens is 283 g/mol. The molecule has 1 aromatic carbocycles. The number of hydrazine groups is 1. The average molecular weight is 306 g/mol. The van der Waals surface area contributed by atoms with Crippen molar-refractivity contribution in [3.05, 3.63) is 35.6 Å². The van der Waals surface area contributed by atoms with Crippen LogP contribution in [0, 0.1) is 17.7 Å². The number of amides is 1. The fourth-order valence-electron chi connectivity index (χ4n) is 3.37. The van der Waals surface area contributed by atoms with Crippen molar-refractivity contribution in [2.24, 2.45) is 17.6 Å². The van der Waals surface area contributed by atoms with Crippen molar-refractivity contribution in [2.45, 2.75) is 18.9 Å². The smallest absolute Gasteiger partial charge is 0.229 e. The monoisotopic (exact) mass is 306 g/mol. The number of hydrogen-bond acceptors (Lipinski definition) is 4. The van der Waals surface area contributed by atoms with Crippen LogP contribution in [0.25, 0.3) is 0 Å². The van der Waals surface area contributed by atoms with Crippen LogP contribution in [0.15, 0.2) is 24.3 Å². The van der Waals surface area contributed by atoms with Crippen LogP contribution in [0.3, 0.4) is 0 Å². The van der Waals surface area contributed by atoms with E-state index in [0.29, 0.717) is 24.6 Å². The summed E-state index contributed by atoms with van der Waals surface area (Å²) in [4.78, 5) is 14.7. The van der Waals surface area contributed by atoms with E-state index in [1.54, 1.807) is 18.2 Å². The number of hydrogen-bond donors (Lipinski definition) is 3. The van der Waals surface area contributed by atoms with Gasteiger partial charge in [0.2, 0.25) is 5.91 Å². The topological polar surface area (TPSA) is 70.4 Å². The molecular formula is C16H23FN4O. The van der Waals surface area contributed by atoms with Gasteiger partial charge in [-0.15, -0.1) is 0 Å². The number of nitrogens with zero attached hydrogens (tertiary/aromatic N) is 1. The first-order valence-corrected chi connectivity index (χ1v) is 7.92. The minimum atomic E-state index is -0.319. The minimum Gasteiger partial charge on any atom is -0.342 e. The molecule has 22 heavy (non-hydrogen) atoms. The highest BCUT2D eigenvalue weighted by molar-refractivity contribution is 5.80. The Morgan fingerprint density at radius 3 is 2.73 bits per heavy atom. The molecule has 0 spiro atoms. The van der Waals surface area contributed by atoms with E-state index in [2.05, 4.69) is 10.9 Å². The summed E-state index contributed by atoms with van der Waals surface area (Å²) in [7, 11) is 0. The Morgan fingerprint density at radius 1 is 1.32 bits per heavy atom. The molecule has 2 heterocycles. The van der Waals surface area contributed by atoms with Gasteiger partial charge in [-0.1, -0.05) is 18.2 Å². The third-order valence-electron chi connectivity index (χ3n) is 4.80. The van der Waals surface area contributed by atoms with Crippen LogP contribution < -0.4 is 16.6 Å². The molecule has 5 nitrogen and oxygen atoms in total. The zero-order chi connectivity index (χ0) is 15.5. The Balaban J connectivity index is 1.71. The van der Waals surface area contributed by atoms with Crippen molar-refractivity contribution in [3.63, 3.8) is 0 Å². The summed E-state index contributed by atoms with van der Waals surface area (Å²) < 4.78 is 14.0. The fraction of sp³-hybridized carbons (Fsp3) is 0.562. The van der Waals surface area contributed by atoms with Gasteiger partial charge in [0.15, 0.2) is 0 Å². The Bertz CT molecular complexity index is 531. The third-order valence-corrected chi connectivity index (χ3v) is 4.80. The molecule has 1 aromatic rings. The van der Waals surface area contributed by atoms with Gasteiger partial charge in [-0.2, -0.15) is 0 Å². The molecule has 2 atom stereocenters. The lowest BCUT2D eigenvalue weighted by molar-refractivity contribution is -0.136. The lowest BCUT2D eigenvalue weighted by Crippen LogP contribution is -2.44. The van der Waals surface area contributed by atoms with Gasteiger partial charge in [0.25, 0.3) is 0 Å². The molecule has 4 N–H and O–H groups in total. The molecule has 6 heteroatoms. The zero-order valence-corrected chi connectivity index (χ0v) is 12.6. The summed E-state index contributed by atoms with van der Waals surface area (Å²) >= 11 is 0. The number of likely N-dealkylation sites (tertiary alicyclic amines) is 1. The molecule has 1 amide bonds. The third kappa shape index (κ3) is 2.99. The fourth-order valence-corrected chi connectivity index (χ4v) is 3.37. The highest BCUT2D eigenvalue weighted by Gasteiger charge is 2.38.